The zero-order valence-corrected chi connectivity index (χ0v) is 11.4. The third-order valence-corrected chi connectivity index (χ3v) is 3.72. The van der Waals surface area contributed by atoms with Crippen molar-refractivity contribution in [2.24, 2.45) is 0 Å². The van der Waals surface area contributed by atoms with Gasteiger partial charge in [-0.25, -0.2) is 4.98 Å². The minimum absolute atomic E-state index is 0.204. The molecule has 18 heavy (non-hydrogen) atoms. The summed E-state index contributed by atoms with van der Waals surface area (Å²) in [5.41, 5.74) is 2.54. The minimum Gasteiger partial charge on any atom is -0.508 e. The van der Waals surface area contributed by atoms with Crippen molar-refractivity contribution in [1.82, 2.24) is 9.38 Å². The van der Waals surface area contributed by atoms with E-state index in [9.17, 15) is 10.2 Å². The van der Waals surface area contributed by atoms with Crippen LogP contribution in [0.4, 0.5) is 0 Å². The maximum Gasteiger partial charge on any atom is 0.138 e. The zero-order chi connectivity index (χ0) is 12.7. The van der Waals surface area contributed by atoms with Crippen molar-refractivity contribution in [3.8, 4) is 22.8 Å². The number of nitrogens with zero attached hydrogens (tertiary/aromatic N) is 2. The second-order valence-corrected chi connectivity index (χ2v) is 4.94. The molecule has 0 aliphatic carbocycles. The molecule has 0 aliphatic rings. The Bertz CT molecular complexity index is 720. The summed E-state index contributed by atoms with van der Waals surface area (Å²) in [4.78, 5) is 4.52. The summed E-state index contributed by atoms with van der Waals surface area (Å²) in [7, 11) is 0. The first kappa shape index (κ1) is 11.3. The van der Waals surface area contributed by atoms with Crippen LogP contribution in [0.1, 0.15) is 0 Å². The standard InChI is InChI=1S/C13H9IN2O2/c14-13-12(8-1-3-9(17)4-2-8)15-11-6-5-10(18)7-16(11)13/h1-7,17-18H. The number of aromatic hydroxyl groups is 2. The molecule has 0 radical (unpaired) electrons. The summed E-state index contributed by atoms with van der Waals surface area (Å²) in [5, 5.41) is 18.8. The van der Waals surface area contributed by atoms with Gasteiger partial charge in [-0.05, 0) is 59.0 Å². The molecule has 0 bridgehead atoms. The van der Waals surface area contributed by atoms with Crippen LogP contribution in [-0.4, -0.2) is 19.6 Å². The van der Waals surface area contributed by atoms with Gasteiger partial charge in [-0.2, -0.15) is 0 Å². The van der Waals surface area contributed by atoms with Crippen molar-refractivity contribution < 1.29 is 10.2 Å². The van der Waals surface area contributed by atoms with Crippen molar-refractivity contribution >= 4 is 28.2 Å². The fourth-order valence-corrected chi connectivity index (χ4v) is 2.63. The molecule has 90 valence electrons. The van der Waals surface area contributed by atoms with Crippen LogP contribution in [0.15, 0.2) is 42.6 Å². The first-order valence-corrected chi connectivity index (χ1v) is 6.39. The van der Waals surface area contributed by atoms with E-state index in [1.165, 1.54) is 0 Å². The predicted octanol–water partition coefficient (Wildman–Crippen LogP) is 3.02. The summed E-state index contributed by atoms with van der Waals surface area (Å²) in [6.07, 6.45) is 1.63. The van der Waals surface area contributed by atoms with E-state index in [4.69, 9.17) is 0 Å². The fraction of sp³-hybridized carbons (Fsp3) is 0. The normalized spacial score (nSPS) is 10.9. The van der Waals surface area contributed by atoms with Crippen LogP contribution in [0.5, 0.6) is 11.5 Å². The molecule has 0 atom stereocenters. The zero-order valence-electron chi connectivity index (χ0n) is 9.21. The molecule has 0 amide bonds. The number of halogens is 1. The Labute approximate surface area is 117 Å². The van der Waals surface area contributed by atoms with Gasteiger partial charge in [0, 0.05) is 5.56 Å². The molecule has 0 saturated carbocycles. The molecule has 5 heteroatoms. The lowest BCUT2D eigenvalue weighted by molar-refractivity contribution is 0.471. The highest BCUT2D eigenvalue weighted by molar-refractivity contribution is 14.1. The number of phenolic OH excluding ortho intramolecular Hbond substituents is 1. The van der Waals surface area contributed by atoms with E-state index in [1.54, 1.807) is 30.5 Å². The van der Waals surface area contributed by atoms with Crippen LogP contribution in [0.2, 0.25) is 0 Å². The van der Waals surface area contributed by atoms with Gasteiger partial charge < -0.3 is 10.2 Å². The Morgan fingerprint density at radius 2 is 1.61 bits per heavy atom. The first-order chi connectivity index (χ1) is 8.65. The van der Waals surface area contributed by atoms with Gasteiger partial charge in [0.25, 0.3) is 0 Å². The quantitative estimate of drug-likeness (QED) is 0.662. The lowest BCUT2D eigenvalue weighted by Crippen LogP contribution is -1.86. The van der Waals surface area contributed by atoms with Gasteiger partial charge in [-0.15, -0.1) is 0 Å². The number of phenols is 1. The van der Waals surface area contributed by atoms with E-state index in [1.807, 2.05) is 16.5 Å². The number of benzene rings is 1. The topological polar surface area (TPSA) is 57.8 Å². The molecule has 0 saturated heterocycles. The lowest BCUT2D eigenvalue weighted by Gasteiger charge is -1.99. The Balaban J connectivity index is 2.23. The van der Waals surface area contributed by atoms with Crippen molar-refractivity contribution in [3.05, 3.63) is 46.3 Å². The van der Waals surface area contributed by atoms with E-state index in [2.05, 4.69) is 27.6 Å². The Morgan fingerprint density at radius 3 is 2.33 bits per heavy atom. The van der Waals surface area contributed by atoms with E-state index in [-0.39, 0.29) is 11.5 Å². The third kappa shape index (κ3) is 1.80. The predicted molar refractivity (Wildman–Crippen MR) is 76.7 cm³/mol. The van der Waals surface area contributed by atoms with Gasteiger partial charge >= 0.3 is 0 Å². The van der Waals surface area contributed by atoms with Gasteiger partial charge in [0.15, 0.2) is 0 Å². The molecule has 2 aromatic heterocycles. The average molecular weight is 352 g/mol. The molecular formula is C13H9IN2O2. The number of aromatic nitrogens is 2. The van der Waals surface area contributed by atoms with Crippen molar-refractivity contribution in [2.45, 2.75) is 0 Å². The minimum atomic E-state index is 0.204. The highest BCUT2D eigenvalue weighted by Crippen LogP contribution is 2.28. The second-order valence-electron chi connectivity index (χ2n) is 3.91. The number of fused-ring (bicyclic) bond motifs is 1. The molecule has 3 aromatic rings. The maximum atomic E-state index is 9.49. The highest BCUT2D eigenvalue weighted by atomic mass is 127. The fourth-order valence-electron chi connectivity index (χ4n) is 1.81. The largest absolute Gasteiger partial charge is 0.508 e. The van der Waals surface area contributed by atoms with Crippen LogP contribution in [0.25, 0.3) is 16.9 Å². The molecule has 0 fully saturated rings. The smallest absolute Gasteiger partial charge is 0.138 e. The average Bonchev–Trinajstić information content (AvgIpc) is 2.68. The van der Waals surface area contributed by atoms with Gasteiger partial charge in [-0.1, -0.05) is 0 Å². The molecule has 2 heterocycles. The molecule has 0 aliphatic heterocycles. The number of rotatable bonds is 1. The summed E-state index contributed by atoms with van der Waals surface area (Å²) < 4.78 is 2.75. The van der Waals surface area contributed by atoms with Gasteiger partial charge in [0.1, 0.15) is 26.5 Å². The summed E-state index contributed by atoms with van der Waals surface area (Å²) in [6.45, 7) is 0. The van der Waals surface area contributed by atoms with Gasteiger partial charge in [0.2, 0.25) is 0 Å². The number of pyridine rings is 1. The number of imidazole rings is 1. The van der Waals surface area contributed by atoms with Crippen LogP contribution >= 0.6 is 22.6 Å². The number of hydrogen-bond acceptors (Lipinski definition) is 3. The molecular weight excluding hydrogens is 343 g/mol. The van der Waals surface area contributed by atoms with Crippen LogP contribution in [-0.2, 0) is 0 Å². The molecule has 2 N–H and O–H groups in total. The Morgan fingerprint density at radius 1 is 0.944 bits per heavy atom. The van der Waals surface area contributed by atoms with Crippen LogP contribution < -0.4 is 0 Å². The van der Waals surface area contributed by atoms with Crippen LogP contribution in [0.3, 0.4) is 0 Å². The Kier molecular flexibility index (Phi) is 2.62. The maximum absolute atomic E-state index is 9.49. The number of hydrogen-bond donors (Lipinski definition) is 2. The second kappa shape index (κ2) is 4.16. The SMILES string of the molecule is Oc1ccc(-c2nc3ccc(O)cn3c2I)cc1. The molecule has 0 unspecified atom stereocenters. The van der Waals surface area contributed by atoms with Crippen molar-refractivity contribution in [3.63, 3.8) is 0 Å². The monoisotopic (exact) mass is 352 g/mol. The third-order valence-electron chi connectivity index (χ3n) is 2.69. The van der Waals surface area contributed by atoms with E-state index in [0.29, 0.717) is 0 Å². The van der Waals surface area contributed by atoms with Crippen molar-refractivity contribution in [2.75, 3.05) is 0 Å². The van der Waals surface area contributed by atoms with E-state index in [0.717, 1.165) is 20.6 Å². The Hall–Kier alpha value is -1.76. The lowest BCUT2D eigenvalue weighted by atomic mass is 10.2. The summed E-state index contributed by atoms with van der Waals surface area (Å²) in [6, 6.07) is 10.3. The summed E-state index contributed by atoms with van der Waals surface area (Å²) >= 11 is 2.19. The molecule has 0 spiro atoms. The molecule has 1 aromatic carbocycles. The molecule has 4 nitrogen and oxygen atoms in total. The first-order valence-electron chi connectivity index (χ1n) is 5.31. The summed E-state index contributed by atoms with van der Waals surface area (Å²) in [5.74, 6) is 0.435. The van der Waals surface area contributed by atoms with Crippen LogP contribution in [0, 0.1) is 3.70 Å². The van der Waals surface area contributed by atoms with Gasteiger partial charge in [0.05, 0.1) is 6.20 Å². The van der Waals surface area contributed by atoms with E-state index >= 15 is 0 Å². The van der Waals surface area contributed by atoms with Crippen molar-refractivity contribution in [1.29, 1.82) is 0 Å². The van der Waals surface area contributed by atoms with E-state index < -0.39 is 0 Å². The highest BCUT2D eigenvalue weighted by Gasteiger charge is 2.11. The molecule has 3 rings (SSSR count). The van der Waals surface area contributed by atoms with Gasteiger partial charge in [-0.3, -0.25) is 4.40 Å².